The second-order valence-electron chi connectivity index (χ2n) is 14.7. The number of fused-ring (bicyclic) bond motifs is 3. The number of rotatable bonds is 9. The zero-order valence-corrected chi connectivity index (χ0v) is 30.4. The van der Waals surface area contributed by atoms with Crippen LogP contribution in [0.1, 0.15) is 43.4 Å². The first-order valence-electron chi connectivity index (χ1n) is 18.7. The zero-order chi connectivity index (χ0) is 35.7. The van der Waals surface area contributed by atoms with Crippen molar-refractivity contribution in [3.05, 3.63) is 64.6 Å². The van der Waals surface area contributed by atoms with Gasteiger partial charge in [-0.2, -0.15) is 15.2 Å². The van der Waals surface area contributed by atoms with Crippen LogP contribution in [0, 0.1) is 17.1 Å². The normalized spacial score (nSPS) is 22.2. The number of ether oxygens (including phenoxy) is 2. The van der Waals surface area contributed by atoms with Crippen LogP contribution in [0.4, 0.5) is 15.9 Å². The summed E-state index contributed by atoms with van der Waals surface area (Å²) in [4.78, 5) is 34.7. The van der Waals surface area contributed by atoms with Crippen molar-refractivity contribution in [1.29, 1.82) is 5.26 Å². The molecule has 11 nitrogen and oxygen atoms in total. The molecule has 4 saturated heterocycles. The van der Waals surface area contributed by atoms with Crippen LogP contribution in [0.3, 0.4) is 0 Å². The monoisotopic (exact) mass is 728 g/mol. The van der Waals surface area contributed by atoms with Gasteiger partial charge in [0, 0.05) is 68.5 Å². The Labute approximate surface area is 309 Å². The molecule has 2 aromatic carbocycles. The SMILES string of the molecule is N#CC[C@H]1CN(c2nc(OCC34CCCN3CCC4)nc3c2CCN(c2cccc4ccc(F)c(Cl)c24)C3)CCN1C(=O)/C=C/CN1CCOCC1. The van der Waals surface area contributed by atoms with E-state index in [0.717, 1.165) is 67.2 Å². The lowest BCUT2D eigenvalue weighted by Gasteiger charge is -2.42. The van der Waals surface area contributed by atoms with E-state index in [1.54, 1.807) is 12.1 Å². The Morgan fingerprint density at radius 1 is 1.06 bits per heavy atom. The van der Waals surface area contributed by atoms with Crippen molar-refractivity contribution < 1.29 is 18.7 Å². The van der Waals surface area contributed by atoms with Gasteiger partial charge in [0.1, 0.15) is 18.2 Å². The molecule has 0 radical (unpaired) electrons. The van der Waals surface area contributed by atoms with Gasteiger partial charge in [-0.05, 0) is 62.7 Å². The van der Waals surface area contributed by atoms with Crippen LogP contribution in [0.2, 0.25) is 5.02 Å². The molecule has 3 aromatic rings. The fraction of sp³-hybridized carbons (Fsp3) is 0.538. The van der Waals surface area contributed by atoms with Crippen molar-refractivity contribution in [2.75, 3.05) is 88.5 Å². The van der Waals surface area contributed by atoms with Gasteiger partial charge < -0.3 is 24.2 Å². The summed E-state index contributed by atoms with van der Waals surface area (Å²) in [5.41, 5.74) is 2.81. The number of hydrogen-bond acceptors (Lipinski definition) is 10. The molecular formula is C39H46ClFN8O3. The summed E-state index contributed by atoms with van der Waals surface area (Å²) in [6.07, 6.45) is 9.05. The highest BCUT2D eigenvalue weighted by Gasteiger charge is 2.45. The molecule has 5 aliphatic heterocycles. The van der Waals surface area contributed by atoms with Crippen molar-refractivity contribution in [2.45, 2.75) is 56.7 Å². The van der Waals surface area contributed by atoms with E-state index in [-0.39, 0.29) is 28.9 Å². The highest BCUT2D eigenvalue weighted by molar-refractivity contribution is 6.36. The minimum Gasteiger partial charge on any atom is -0.461 e. The van der Waals surface area contributed by atoms with E-state index in [0.29, 0.717) is 76.9 Å². The van der Waals surface area contributed by atoms with E-state index in [4.69, 9.17) is 31.0 Å². The van der Waals surface area contributed by atoms with E-state index in [9.17, 15) is 14.4 Å². The lowest BCUT2D eigenvalue weighted by molar-refractivity contribution is -0.128. The first-order valence-corrected chi connectivity index (χ1v) is 19.1. The third-order valence-electron chi connectivity index (χ3n) is 11.7. The first kappa shape index (κ1) is 35.0. The highest BCUT2D eigenvalue weighted by Crippen LogP contribution is 2.41. The fourth-order valence-corrected chi connectivity index (χ4v) is 9.20. The molecule has 13 heteroatoms. The van der Waals surface area contributed by atoms with Crippen LogP contribution >= 0.6 is 11.6 Å². The Bertz CT molecular complexity index is 1870. The molecule has 1 amide bonds. The summed E-state index contributed by atoms with van der Waals surface area (Å²) in [6.45, 7) is 9.28. The van der Waals surface area contributed by atoms with Crippen molar-refractivity contribution in [3.63, 3.8) is 0 Å². The highest BCUT2D eigenvalue weighted by atomic mass is 35.5. The van der Waals surface area contributed by atoms with Gasteiger partial charge in [0.15, 0.2) is 0 Å². The van der Waals surface area contributed by atoms with Crippen LogP contribution in [-0.4, -0.2) is 121 Å². The van der Waals surface area contributed by atoms with Crippen molar-refractivity contribution >= 4 is 39.8 Å². The summed E-state index contributed by atoms with van der Waals surface area (Å²) in [7, 11) is 0. The van der Waals surface area contributed by atoms with E-state index in [1.165, 1.54) is 18.9 Å². The second-order valence-corrected chi connectivity index (χ2v) is 15.1. The average molecular weight is 729 g/mol. The minimum atomic E-state index is -0.441. The molecule has 0 unspecified atom stereocenters. The molecule has 5 aliphatic rings. The summed E-state index contributed by atoms with van der Waals surface area (Å²) in [6, 6.07) is 11.5. The number of anilines is 2. The molecule has 0 spiro atoms. The Morgan fingerprint density at radius 3 is 2.69 bits per heavy atom. The van der Waals surface area contributed by atoms with Gasteiger partial charge in [0.05, 0.1) is 54.5 Å². The average Bonchev–Trinajstić information content (AvgIpc) is 3.76. The van der Waals surface area contributed by atoms with Gasteiger partial charge in [0.25, 0.3) is 0 Å². The second kappa shape index (κ2) is 15.1. The molecule has 8 rings (SSSR count). The summed E-state index contributed by atoms with van der Waals surface area (Å²) in [5.74, 6) is 0.301. The zero-order valence-electron chi connectivity index (χ0n) is 29.6. The van der Waals surface area contributed by atoms with Gasteiger partial charge >= 0.3 is 6.01 Å². The molecule has 0 bridgehead atoms. The number of nitrogens with zero attached hydrogens (tertiary/aromatic N) is 8. The van der Waals surface area contributed by atoms with Crippen molar-refractivity contribution in [2.24, 2.45) is 0 Å². The number of aromatic nitrogens is 2. The number of hydrogen-bond donors (Lipinski definition) is 0. The van der Waals surface area contributed by atoms with Crippen molar-refractivity contribution in [1.82, 2.24) is 24.7 Å². The van der Waals surface area contributed by atoms with Crippen LogP contribution in [-0.2, 0) is 22.5 Å². The maximum absolute atomic E-state index is 14.7. The standard InChI is InChI=1S/C39H46ClFN8O3/c40-36-31(41)9-8-28-5-1-6-33(35(28)36)46-18-11-30-32(26-46)43-38(52-27-39-12-3-16-48(39)17-4-13-39)44-37(30)47-19-20-49(29(25-47)10-14-42)34(50)7-2-15-45-21-23-51-24-22-45/h1-2,5-9,29H,3-4,10-13,15-27H2/b7-2+/t29-/m0/s1. The quantitative estimate of drug-likeness (QED) is 0.286. The number of carbonyl (C=O) groups excluding carboxylic acids is 1. The van der Waals surface area contributed by atoms with E-state index < -0.39 is 5.82 Å². The summed E-state index contributed by atoms with van der Waals surface area (Å²) < 4.78 is 26.7. The molecule has 1 aromatic heterocycles. The fourth-order valence-electron chi connectivity index (χ4n) is 8.93. The molecule has 0 saturated carbocycles. The smallest absolute Gasteiger partial charge is 0.318 e. The van der Waals surface area contributed by atoms with E-state index >= 15 is 0 Å². The maximum Gasteiger partial charge on any atom is 0.318 e. The van der Waals surface area contributed by atoms with Gasteiger partial charge in [0.2, 0.25) is 5.91 Å². The Hall–Kier alpha value is -4.02. The van der Waals surface area contributed by atoms with Gasteiger partial charge in [-0.25, -0.2) is 4.39 Å². The number of morpholine rings is 1. The summed E-state index contributed by atoms with van der Waals surface area (Å²) in [5, 5.41) is 11.5. The number of benzene rings is 2. The third kappa shape index (κ3) is 6.92. The third-order valence-corrected chi connectivity index (χ3v) is 12.0. The molecule has 0 aliphatic carbocycles. The summed E-state index contributed by atoms with van der Waals surface area (Å²) >= 11 is 6.57. The molecule has 1 atom stereocenters. The van der Waals surface area contributed by atoms with Gasteiger partial charge in [-0.1, -0.05) is 35.9 Å². The van der Waals surface area contributed by atoms with Crippen LogP contribution < -0.4 is 14.5 Å². The number of piperazine rings is 1. The number of nitriles is 1. The molecule has 4 fully saturated rings. The minimum absolute atomic E-state index is 0.0361. The number of carbonyl (C=O) groups is 1. The Kier molecular flexibility index (Phi) is 10.2. The van der Waals surface area contributed by atoms with Gasteiger partial charge in [-0.15, -0.1) is 0 Å². The largest absolute Gasteiger partial charge is 0.461 e. The topological polar surface area (TPSA) is 101 Å². The van der Waals surface area contributed by atoms with E-state index in [2.05, 4.69) is 25.7 Å². The first-order chi connectivity index (χ1) is 25.4. The molecular weight excluding hydrogens is 683 g/mol. The van der Waals surface area contributed by atoms with E-state index in [1.807, 2.05) is 29.2 Å². The number of amides is 1. The predicted molar refractivity (Wildman–Crippen MR) is 198 cm³/mol. The Balaban J connectivity index is 1.07. The molecule has 6 heterocycles. The van der Waals surface area contributed by atoms with Crippen LogP contribution in [0.25, 0.3) is 10.8 Å². The van der Waals surface area contributed by atoms with Gasteiger partial charge in [-0.3, -0.25) is 14.6 Å². The lowest BCUT2D eigenvalue weighted by Crippen LogP contribution is -2.55. The lowest BCUT2D eigenvalue weighted by atomic mass is 9.95. The maximum atomic E-state index is 14.7. The molecule has 274 valence electrons. The Morgan fingerprint density at radius 2 is 1.88 bits per heavy atom. The number of halogens is 2. The predicted octanol–water partition coefficient (Wildman–Crippen LogP) is 4.81. The molecule has 0 N–H and O–H groups in total. The van der Waals surface area contributed by atoms with Crippen LogP contribution in [0.15, 0.2) is 42.5 Å². The van der Waals surface area contributed by atoms with Crippen molar-refractivity contribution in [3.8, 4) is 12.1 Å². The molecule has 52 heavy (non-hydrogen) atoms. The van der Waals surface area contributed by atoms with Crippen LogP contribution in [0.5, 0.6) is 6.01 Å².